The second-order valence-electron chi connectivity index (χ2n) is 5.73. The van der Waals surface area contributed by atoms with Gasteiger partial charge >= 0.3 is 0 Å². The predicted octanol–water partition coefficient (Wildman–Crippen LogP) is 4.45. The van der Waals surface area contributed by atoms with Crippen LogP contribution in [0.3, 0.4) is 0 Å². The highest BCUT2D eigenvalue weighted by atomic mass is 19.1. The van der Waals surface area contributed by atoms with Gasteiger partial charge in [0.25, 0.3) is 0 Å². The fraction of sp³-hybridized carbons (Fsp3) is 0.0476. The van der Waals surface area contributed by atoms with E-state index in [0.717, 1.165) is 5.56 Å². The van der Waals surface area contributed by atoms with E-state index in [0.29, 0.717) is 28.5 Å². The summed E-state index contributed by atoms with van der Waals surface area (Å²) >= 11 is 0. The maximum Gasteiger partial charge on any atom is 0.189 e. The Hall–Kier alpha value is -3.67. The summed E-state index contributed by atoms with van der Waals surface area (Å²) in [5.41, 5.74) is 8.19. The lowest BCUT2D eigenvalue weighted by atomic mass is 10.1. The van der Waals surface area contributed by atoms with Gasteiger partial charge in [-0.15, -0.1) is 0 Å². The number of rotatable bonds is 6. The first kappa shape index (κ1) is 18.1. The van der Waals surface area contributed by atoms with Crippen molar-refractivity contribution in [2.75, 3.05) is 18.2 Å². The molecule has 3 N–H and O–H groups in total. The highest BCUT2D eigenvalue weighted by Gasteiger charge is 2.10. The van der Waals surface area contributed by atoms with Crippen LogP contribution >= 0.6 is 0 Å². The molecule has 0 aliphatic heterocycles. The minimum absolute atomic E-state index is 0.220. The van der Waals surface area contributed by atoms with Crippen molar-refractivity contribution in [3.05, 3.63) is 83.8 Å². The van der Waals surface area contributed by atoms with Crippen LogP contribution in [0.2, 0.25) is 0 Å². The van der Waals surface area contributed by atoms with Crippen LogP contribution in [0.15, 0.2) is 66.9 Å². The minimum Gasteiger partial charge on any atom is -0.495 e. The molecule has 0 amide bonds. The van der Waals surface area contributed by atoms with E-state index >= 15 is 0 Å². The molecule has 0 unspecified atom stereocenters. The third-order valence-electron chi connectivity index (χ3n) is 3.86. The Morgan fingerprint density at radius 2 is 1.96 bits per heavy atom. The standard InChI is InChI=1S/C21H18FN3O2/c1-27-20-11-5-14(13-18(20)23)4-10-19(26)17-3-2-12-24-21(17)25-16-8-6-15(22)7-9-16/h2-13H,23H2,1H3,(H,24,25). The number of ether oxygens (including phenoxy) is 1. The molecule has 6 heteroatoms. The number of carbonyl (C=O) groups excluding carboxylic acids is 1. The third kappa shape index (κ3) is 4.49. The molecule has 5 nitrogen and oxygen atoms in total. The van der Waals surface area contributed by atoms with Gasteiger partial charge in [-0.2, -0.15) is 0 Å². The van der Waals surface area contributed by atoms with Crippen LogP contribution in [-0.4, -0.2) is 17.9 Å². The quantitative estimate of drug-likeness (QED) is 0.384. The summed E-state index contributed by atoms with van der Waals surface area (Å²) in [6, 6.07) is 14.5. The van der Waals surface area contributed by atoms with Crippen LogP contribution in [0.1, 0.15) is 15.9 Å². The Morgan fingerprint density at radius 3 is 2.67 bits per heavy atom. The van der Waals surface area contributed by atoms with Gasteiger partial charge in [0.2, 0.25) is 0 Å². The average Bonchev–Trinajstić information content (AvgIpc) is 2.68. The van der Waals surface area contributed by atoms with Gasteiger partial charge in [0.1, 0.15) is 17.4 Å². The van der Waals surface area contributed by atoms with Gasteiger partial charge in [0, 0.05) is 11.9 Å². The molecule has 0 aliphatic rings. The van der Waals surface area contributed by atoms with E-state index in [1.807, 2.05) is 0 Å². The summed E-state index contributed by atoms with van der Waals surface area (Å²) < 4.78 is 18.2. The number of allylic oxidation sites excluding steroid dienone is 1. The molecule has 27 heavy (non-hydrogen) atoms. The number of nitrogens with zero attached hydrogens (tertiary/aromatic N) is 1. The lowest BCUT2D eigenvalue weighted by Crippen LogP contribution is -2.03. The van der Waals surface area contributed by atoms with E-state index in [-0.39, 0.29) is 11.6 Å². The number of ketones is 1. The smallest absolute Gasteiger partial charge is 0.189 e. The first-order valence-electron chi connectivity index (χ1n) is 8.20. The molecule has 0 radical (unpaired) electrons. The molecule has 2 aromatic carbocycles. The lowest BCUT2D eigenvalue weighted by molar-refractivity contribution is 0.104. The molecule has 136 valence electrons. The summed E-state index contributed by atoms with van der Waals surface area (Å²) in [5.74, 6) is 0.422. The number of nitrogen functional groups attached to an aromatic ring is 1. The number of benzene rings is 2. The second-order valence-corrected chi connectivity index (χ2v) is 5.73. The van der Waals surface area contributed by atoms with Crippen LogP contribution in [0.4, 0.5) is 21.6 Å². The van der Waals surface area contributed by atoms with Crippen molar-refractivity contribution in [2.24, 2.45) is 0 Å². The first-order chi connectivity index (χ1) is 13.1. The molecule has 0 bridgehead atoms. The third-order valence-corrected chi connectivity index (χ3v) is 3.86. The number of hydrogen-bond donors (Lipinski definition) is 2. The summed E-state index contributed by atoms with van der Waals surface area (Å²) in [5, 5.41) is 3.03. The van der Waals surface area contributed by atoms with Crippen molar-refractivity contribution < 1.29 is 13.9 Å². The zero-order valence-electron chi connectivity index (χ0n) is 14.6. The summed E-state index contributed by atoms with van der Waals surface area (Å²) in [6.07, 6.45) is 4.71. The number of nitrogens with two attached hydrogens (primary N) is 1. The van der Waals surface area contributed by atoms with Gasteiger partial charge in [-0.3, -0.25) is 4.79 Å². The molecule has 1 heterocycles. The Kier molecular flexibility index (Phi) is 5.47. The Labute approximate surface area is 156 Å². The highest BCUT2D eigenvalue weighted by Crippen LogP contribution is 2.23. The predicted molar refractivity (Wildman–Crippen MR) is 105 cm³/mol. The number of pyridine rings is 1. The van der Waals surface area contributed by atoms with Crippen LogP contribution in [0, 0.1) is 5.82 Å². The molecule has 1 aromatic heterocycles. The first-order valence-corrected chi connectivity index (χ1v) is 8.20. The van der Waals surface area contributed by atoms with E-state index in [2.05, 4.69) is 10.3 Å². The number of anilines is 3. The van der Waals surface area contributed by atoms with E-state index in [1.165, 1.54) is 18.2 Å². The number of halogens is 1. The second kappa shape index (κ2) is 8.14. The van der Waals surface area contributed by atoms with Crippen LogP contribution in [-0.2, 0) is 0 Å². The van der Waals surface area contributed by atoms with Crippen LogP contribution in [0.5, 0.6) is 5.75 Å². The molecule has 0 spiro atoms. The van der Waals surface area contributed by atoms with E-state index < -0.39 is 0 Å². The molecule has 3 aromatic rings. The van der Waals surface area contributed by atoms with Crippen LogP contribution < -0.4 is 15.8 Å². The molecule has 0 aliphatic carbocycles. The molecular formula is C21H18FN3O2. The summed E-state index contributed by atoms with van der Waals surface area (Å²) in [7, 11) is 1.54. The Morgan fingerprint density at radius 1 is 1.19 bits per heavy atom. The minimum atomic E-state index is -0.334. The summed E-state index contributed by atoms with van der Waals surface area (Å²) in [6.45, 7) is 0. The summed E-state index contributed by atoms with van der Waals surface area (Å²) in [4.78, 5) is 16.8. The number of hydrogen-bond acceptors (Lipinski definition) is 5. The van der Waals surface area contributed by atoms with Gasteiger partial charge in [0.15, 0.2) is 5.78 Å². The number of methoxy groups -OCH3 is 1. The maximum absolute atomic E-state index is 13.0. The Balaban J connectivity index is 1.80. The number of aromatic nitrogens is 1. The van der Waals surface area contributed by atoms with E-state index in [1.54, 1.807) is 61.8 Å². The highest BCUT2D eigenvalue weighted by molar-refractivity contribution is 6.10. The van der Waals surface area contributed by atoms with Crippen molar-refractivity contribution in [1.29, 1.82) is 0 Å². The zero-order valence-corrected chi connectivity index (χ0v) is 14.6. The molecule has 0 saturated carbocycles. The molecular weight excluding hydrogens is 345 g/mol. The van der Waals surface area contributed by atoms with Gasteiger partial charge in [-0.25, -0.2) is 9.37 Å². The molecule has 0 atom stereocenters. The van der Waals surface area contributed by atoms with Crippen LogP contribution in [0.25, 0.3) is 6.08 Å². The number of nitrogens with one attached hydrogen (secondary N) is 1. The lowest BCUT2D eigenvalue weighted by Gasteiger charge is -2.09. The normalized spacial score (nSPS) is 10.7. The van der Waals surface area contributed by atoms with Gasteiger partial charge in [0.05, 0.1) is 18.4 Å². The molecule has 0 fully saturated rings. The average molecular weight is 363 g/mol. The largest absolute Gasteiger partial charge is 0.495 e. The van der Waals surface area contributed by atoms with Gasteiger partial charge in [-0.1, -0.05) is 12.1 Å². The van der Waals surface area contributed by atoms with Crippen molar-refractivity contribution >= 4 is 29.1 Å². The van der Waals surface area contributed by atoms with Crippen molar-refractivity contribution in [3.8, 4) is 5.75 Å². The Bertz CT molecular complexity index is 985. The molecule has 0 saturated heterocycles. The van der Waals surface area contributed by atoms with Crippen molar-refractivity contribution in [2.45, 2.75) is 0 Å². The topological polar surface area (TPSA) is 77.2 Å². The SMILES string of the molecule is COc1ccc(C=CC(=O)c2cccnc2Nc2ccc(F)cc2)cc1N. The number of carbonyl (C=O) groups is 1. The van der Waals surface area contributed by atoms with Gasteiger partial charge < -0.3 is 15.8 Å². The monoisotopic (exact) mass is 363 g/mol. The maximum atomic E-state index is 13.0. The fourth-order valence-corrected chi connectivity index (χ4v) is 2.49. The van der Waals surface area contributed by atoms with E-state index in [9.17, 15) is 9.18 Å². The van der Waals surface area contributed by atoms with Crippen molar-refractivity contribution in [1.82, 2.24) is 4.98 Å². The molecule has 3 rings (SSSR count). The zero-order chi connectivity index (χ0) is 19.2. The van der Waals surface area contributed by atoms with Gasteiger partial charge in [-0.05, 0) is 60.2 Å². The van der Waals surface area contributed by atoms with Crippen molar-refractivity contribution in [3.63, 3.8) is 0 Å². The fourth-order valence-electron chi connectivity index (χ4n) is 2.49. The van der Waals surface area contributed by atoms with E-state index in [4.69, 9.17) is 10.5 Å².